The molecule has 6 nitrogen and oxygen atoms in total. The number of rotatable bonds is 6. The molecular weight excluding hydrogens is 260 g/mol. The van der Waals surface area contributed by atoms with Crippen LogP contribution in [0, 0.1) is 10.1 Å². The Kier molecular flexibility index (Phi) is 5.54. The monoisotopic (exact) mass is 272 g/mol. The second-order valence-electron chi connectivity index (χ2n) is 3.57. The van der Waals surface area contributed by atoms with E-state index in [4.69, 9.17) is 16.3 Å². The van der Waals surface area contributed by atoms with Crippen molar-refractivity contribution in [1.29, 1.82) is 0 Å². The second kappa shape index (κ2) is 6.93. The van der Waals surface area contributed by atoms with E-state index in [-0.39, 0.29) is 23.2 Å². The third-order valence-electron chi connectivity index (χ3n) is 2.15. The van der Waals surface area contributed by atoms with Crippen molar-refractivity contribution in [1.82, 2.24) is 5.32 Å². The number of nitrogens with zero attached hydrogens (tertiary/aromatic N) is 1. The zero-order chi connectivity index (χ0) is 13.5. The summed E-state index contributed by atoms with van der Waals surface area (Å²) in [4.78, 5) is 21.7. The lowest BCUT2D eigenvalue weighted by Gasteiger charge is -2.09. The third kappa shape index (κ3) is 4.31. The molecule has 1 N–H and O–H groups in total. The van der Waals surface area contributed by atoms with Gasteiger partial charge in [-0.1, -0.05) is 6.07 Å². The number of carbonyl (C=O) groups is 1. The lowest BCUT2D eigenvalue weighted by atomic mass is 10.2. The number of nitro groups is 1. The molecule has 0 radical (unpaired) electrons. The number of carbonyl (C=O) groups excluding carboxylic acids is 1. The number of hydrogen-bond acceptors (Lipinski definition) is 4. The average Bonchev–Trinajstić information content (AvgIpc) is 2.36. The van der Waals surface area contributed by atoms with Crippen LogP contribution in [0.25, 0.3) is 0 Å². The first-order valence-corrected chi connectivity index (χ1v) is 5.64. The Morgan fingerprint density at radius 1 is 1.61 bits per heavy atom. The molecule has 1 atom stereocenters. The van der Waals surface area contributed by atoms with Crippen LogP contribution in [0.2, 0.25) is 0 Å². The van der Waals surface area contributed by atoms with E-state index in [9.17, 15) is 14.9 Å². The molecule has 18 heavy (non-hydrogen) atoms. The summed E-state index contributed by atoms with van der Waals surface area (Å²) in [6, 6.07) is 5.50. The lowest BCUT2D eigenvalue weighted by Crippen LogP contribution is -2.31. The first-order valence-electron chi connectivity index (χ1n) is 5.20. The molecule has 7 heteroatoms. The smallest absolute Gasteiger partial charge is 0.270 e. The van der Waals surface area contributed by atoms with Crippen LogP contribution in [0.5, 0.6) is 0 Å². The van der Waals surface area contributed by atoms with E-state index in [0.29, 0.717) is 6.61 Å². The molecule has 0 saturated carbocycles. The Balaban J connectivity index is 2.61. The van der Waals surface area contributed by atoms with Crippen LogP contribution in [0.4, 0.5) is 5.69 Å². The van der Waals surface area contributed by atoms with E-state index >= 15 is 0 Å². The van der Waals surface area contributed by atoms with Crippen molar-refractivity contribution in [2.75, 3.05) is 20.3 Å². The summed E-state index contributed by atoms with van der Waals surface area (Å²) in [5.74, 6) is -0.402. The van der Waals surface area contributed by atoms with Gasteiger partial charge in [-0.3, -0.25) is 14.9 Å². The summed E-state index contributed by atoms with van der Waals surface area (Å²) >= 11 is 5.85. The molecule has 1 unspecified atom stereocenters. The number of non-ortho nitro benzene ring substituents is 1. The van der Waals surface area contributed by atoms with Crippen LogP contribution >= 0.6 is 11.6 Å². The van der Waals surface area contributed by atoms with Crippen LogP contribution < -0.4 is 5.32 Å². The lowest BCUT2D eigenvalue weighted by molar-refractivity contribution is -0.384. The van der Waals surface area contributed by atoms with Crippen molar-refractivity contribution in [2.24, 2.45) is 0 Å². The van der Waals surface area contributed by atoms with Crippen LogP contribution in [0.1, 0.15) is 10.4 Å². The zero-order valence-electron chi connectivity index (χ0n) is 9.76. The number of nitrogens with one attached hydrogen (secondary N) is 1. The summed E-state index contributed by atoms with van der Waals surface area (Å²) in [6.07, 6.45) is 0. The molecule has 1 rings (SSSR count). The van der Waals surface area contributed by atoms with Gasteiger partial charge in [0.1, 0.15) is 0 Å². The van der Waals surface area contributed by atoms with Gasteiger partial charge in [-0.2, -0.15) is 0 Å². The predicted molar refractivity (Wildman–Crippen MR) is 66.9 cm³/mol. The topological polar surface area (TPSA) is 81.5 Å². The number of hydrogen-bond donors (Lipinski definition) is 1. The third-order valence-corrected chi connectivity index (χ3v) is 2.43. The van der Waals surface area contributed by atoms with Crippen molar-refractivity contribution in [3.8, 4) is 0 Å². The van der Waals surface area contributed by atoms with Gasteiger partial charge in [0.15, 0.2) is 0 Å². The van der Waals surface area contributed by atoms with Gasteiger partial charge in [-0.25, -0.2) is 0 Å². The molecular formula is C11H13ClN2O4. The minimum atomic E-state index is -0.550. The maximum Gasteiger partial charge on any atom is 0.270 e. The molecule has 0 fully saturated rings. The van der Waals surface area contributed by atoms with E-state index in [1.54, 1.807) is 0 Å². The van der Waals surface area contributed by atoms with Crippen LogP contribution in [0.3, 0.4) is 0 Å². The van der Waals surface area contributed by atoms with Gasteiger partial charge in [-0.05, 0) is 6.07 Å². The maximum atomic E-state index is 11.7. The van der Waals surface area contributed by atoms with Gasteiger partial charge < -0.3 is 10.1 Å². The number of ether oxygens (including phenoxy) is 1. The van der Waals surface area contributed by atoms with Crippen molar-refractivity contribution < 1.29 is 14.5 Å². The minimum absolute atomic E-state index is 0.123. The SMILES string of the molecule is COCC(Cl)CNC(=O)c1cccc([N+](=O)[O-])c1. The Hall–Kier alpha value is -1.66. The number of halogens is 1. The predicted octanol–water partition coefficient (Wildman–Crippen LogP) is 1.58. The highest BCUT2D eigenvalue weighted by molar-refractivity contribution is 6.21. The molecule has 98 valence electrons. The van der Waals surface area contributed by atoms with Gasteiger partial charge in [0.05, 0.1) is 16.9 Å². The Labute approximate surface area is 109 Å². The molecule has 0 aliphatic rings. The van der Waals surface area contributed by atoms with E-state index in [2.05, 4.69) is 5.32 Å². The molecule has 0 aliphatic heterocycles. The van der Waals surface area contributed by atoms with E-state index in [0.717, 1.165) is 0 Å². The van der Waals surface area contributed by atoms with Crippen LogP contribution in [-0.2, 0) is 4.74 Å². The van der Waals surface area contributed by atoms with Crippen molar-refractivity contribution in [3.05, 3.63) is 39.9 Å². The van der Waals surface area contributed by atoms with Crippen molar-refractivity contribution >= 4 is 23.2 Å². The fourth-order valence-corrected chi connectivity index (χ4v) is 1.51. The summed E-state index contributed by atoms with van der Waals surface area (Å²) in [7, 11) is 1.51. The second-order valence-corrected chi connectivity index (χ2v) is 4.19. The van der Waals surface area contributed by atoms with Gasteiger partial charge in [0, 0.05) is 31.4 Å². The van der Waals surface area contributed by atoms with E-state index in [1.165, 1.54) is 31.4 Å². The maximum absolute atomic E-state index is 11.7. The first-order chi connectivity index (χ1) is 8.54. The molecule has 0 bridgehead atoms. The highest BCUT2D eigenvalue weighted by atomic mass is 35.5. The van der Waals surface area contributed by atoms with Gasteiger partial charge in [0.25, 0.3) is 11.6 Å². The van der Waals surface area contributed by atoms with Crippen LogP contribution in [0.15, 0.2) is 24.3 Å². The average molecular weight is 273 g/mol. The van der Waals surface area contributed by atoms with Crippen molar-refractivity contribution in [3.63, 3.8) is 0 Å². The molecule has 0 spiro atoms. The first kappa shape index (κ1) is 14.4. The molecule has 0 aromatic heterocycles. The molecule has 1 amide bonds. The summed E-state index contributed by atoms with van der Waals surface area (Å²) < 4.78 is 4.82. The highest BCUT2D eigenvalue weighted by Gasteiger charge is 2.12. The molecule has 1 aromatic carbocycles. The standard InChI is InChI=1S/C11H13ClN2O4/c1-18-7-9(12)6-13-11(15)8-3-2-4-10(5-8)14(16)17/h2-5,9H,6-7H2,1H3,(H,13,15). The largest absolute Gasteiger partial charge is 0.383 e. The molecule has 0 heterocycles. The minimum Gasteiger partial charge on any atom is -0.383 e. The van der Waals surface area contributed by atoms with Gasteiger partial charge in [0.2, 0.25) is 0 Å². The molecule has 0 aliphatic carbocycles. The zero-order valence-corrected chi connectivity index (χ0v) is 10.5. The fourth-order valence-electron chi connectivity index (χ4n) is 1.31. The number of nitro benzene ring substituents is 1. The Bertz CT molecular complexity index is 439. The van der Waals surface area contributed by atoms with Crippen LogP contribution in [-0.4, -0.2) is 36.5 Å². The Morgan fingerprint density at radius 2 is 2.33 bits per heavy atom. The normalized spacial score (nSPS) is 11.9. The number of alkyl halides is 1. The summed E-state index contributed by atoms with van der Waals surface area (Å²) in [5, 5.41) is 12.8. The summed E-state index contributed by atoms with van der Waals surface area (Å²) in [6.45, 7) is 0.549. The quantitative estimate of drug-likeness (QED) is 0.484. The van der Waals surface area contributed by atoms with E-state index < -0.39 is 10.8 Å². The van der Waals surface area contributed by atoms with Gasteiger partial charge in [-0.15, -0.1) is 11.6 Å². The number of amides is 1. The number of benzene rings is 1. The fraction of sp³-hybridized carbons (Fsp3) is 0.364. The molecule has 0 saturated heterocycles. The van der Waals surface area contributed by atoms with E-state index in [1.807, 2.05) is 0 Å². The summed E-state index contributed by atoms with van der Waals surface area (Å²) in [5.41, 5.74) is 0.104. The highest BCUT2D eigenvalue weighted by Crippen LogP contribution is 2.12. The number of methoxy groups -OCH3 is 1. The Morgan fingerprint density at radius 3 is 2.94 bits per heavy atom. The van der Waals surface area contributed by atoms with Gasteiger partial charge >= 0.3 is 0 Å². The van der Waals surface area contributed by atoms with Crippen molar-refractivity contribution in [2.45, 2.75) is 5.38 Å². The molecule has 1 aromatic rings.